The molecule has 0 aromatic heterocycles. The third-order valence-electron chi connectivity index (χ3n) is 4.52. The predicted molar refractivity (Wildman–Crippen MR) is 87.1 cm³/mol. The quantitative estimate of drug-likeness (QED) is 0.852. The van der Waals surface area contributed by atoms with Crippen LogP contribution in [0.15, 0.2) is 12.1 Å². The molecular weight excluding hydrogens is 321 g/mol. The minimum Gasteiger partial charge on any atom is -0.396 e. The van der Waals surface area contributed by atoms with Crippen molar-refractivity contribution < 1.29 is 13.9 Å². The zero-order chi connectivity index (χ0) is 16.4. The highest BCUT2D eigenvalue weighted by atomic mass is 35.5. The van der Waals surface area contributed by atoms with Gasteiger partial charge in [0.15, 0.2) is 0 Å². The Kier molecular flexibility index (Phi) is 5.04. The fourth-order valence-corrected chi connectivity index (χ4v) is 3.36. The van der Waals surface area contributed by atoms with E-state index in [1.807, 2.05) is 0 Å². The molecule has 2 fully saturated rings. The van der Waals surface area contributed by atoms with Gasteiger partial charge in [0, 0.05) is 44.4 Å². The molecule has 1 unspecified atom stereocenters. The van der Waals surface area contributed by atoms with Crippen LogP contribution >= 0.6 is 11.6 Å². The van der Waals surface area contributed by atoms with E-state index in [2.05, 4.69) is 4.90 Å². The standard InChI is InChI=1S/C16H21ClFN3O2/c17-12-7-13(15(19)14(18)8-12)16(22)21-4-2-20(3-5-21)9-11-1-6-23-10-11/h7-8,11H,1-6,9-10,19H2. The molecule has 1 atom stereocenters. The van der Waals surface area contributed by atoms with Gasteiger partial charge in [0.25, 0.3) is 5.91 Å². The van der Waals surface area contributed by atoms with Gasteiger partial charge in [-0.1, -0.05) is 11.6 Å². The first-order chi connectivity index (χ1) is 11.0. The van der Waals surface area contributed by atoms with Crippen molar-refractivity contribution in [1.29, 1.82) is 0 Å². The van der Waals surface area contributed by atoms with Gasteiger partial charge in [-0.15, -0.1) is 0 Å². The highest BCUT2D eigenvalue weighted by Gasteiger charge is 2.26. The maximum absolute atomic E-state index is 13.7. The molecule has 2 aliphatic heterocycles. The molecule has 0 aliphatic carbocycles. The van der Waals surface area contributed by atoms with Crippen LogP contribution in [-0.2, 0) is 4.74 Å². The summed E-state index contributed by atoms with van der Waals surface area (Å²) < 4.78 is 19.1. The number of hydrogen-bond acceptors (Lipinski definition) is 4. The summed E-state index contributed by atoms with van der Waals surface area (Å²) in [6, 6.07) is 2.56. The first-order valence-corrected chi connectivity index (χ1v) is 8.26. The van der Waals surface area contributed by atoms with E-state index >= 15 is 0 Å². The summed E-state index contributed by atoms with van der Waals surface area (Å²) in [6.07, 6.45) is 1.11. The van der Waals surface area contributed by atoms with Gasteiger partial charge >= 0.3 is 0 Å². The second-order valence-electron chi connectivity index (χ2n) is 6.17. The van der Waals surface area contributed by atoms with E-state index in [0.717, 1.165) is 45.3 Å². The summed E-state index contributed by atoms with van der Waals surface area (Å²) in [5, 5.41) is 0.180. The Balaban J connectivity index is 1.60. The number of anilines is 1. The van der Waals surface area contributed by atoms with E-state index in [1.165, 1.54) is 6.07 Å². The molecule has 0 bridgehead atoms. The van der Waals surface area contributed by atoms with Crippen molar-refractivity contribution >= 4 is 23.2 Å². The fraction of sp³-hybridized carbons (Fsp3) is 0.562. The number of nitrogens with zero attached hydrogens (tertiary/aromatic N) is 2. The Morgan fingerprint density at radius 3 is 2.74 bits per heavy atom. The maximum Gasteiger partial charge on any atom is 0.256 e. The molecule has 0 saturated carbocycles. The largest absolute Gasteiger partial charge is 0.396 e. The number of rotatable bonds is 3. The molecule has 23 heavy (non-hydrogen) atoms. The van der Waals surface area contributed by atoms with Gasteiger partial charge in [-0.05, 0) is 24.5 Å². The van der Waals surface area contributed by atoms with Gasteiger partial charge in [-0.3, -0.25) is 9.69 Å². The van der Waals surface area contributed by atoms with Crippen LogP contribution in [0, 0.1) is 11.7 Å². The number of ether oxygens (including phenoxy) is 1. The second kappa shape index (κ2) is 7.03. The van der Waals surface area contributed by atoms with Crippen molar-refractivity contribution in [1.82, 2.24) is 9.80 Å². The molecule has 7 heteroatoms. The number of carbonyl (C=O) groups excluding carboxylic acids is 1. The normalized spacial score (nSPS) is 22.5. The van der Waals surface area contributed by atoms with Crippen molar-refractivity contribution in [2.45, 2.75) is 6.42 Å². The van der Waals surface area contributed by atoms with Crippen LogP contribution in [0.5, 0.6) is 0 Å². The van der Waals surface area contributed by atoms with Crippen LogP contribution < -0.4 is 5.73 Å². The number of benzene rings is 1. The van der Waals surface area contributed by atoms with Gasteiger partial charge in [-0.2, -0.15) is 0 Å². The number of nitrogen functional groups attached to an aromatic ring is 1. The molecule has 5 nitrogen and oxygen atoms in total. The second-order valence-corrected chi connectivity index (χ2v) is 6.61. The molecular formula is C16H21ClFN3O2. The summed E-state index contributed by atoms with van der Waals surface area (Å²) in [6.45, 7) is 5.53. The third-order valence-corrected chi connectivity index (χ3v) is 4.74. The molecule has 1 amide bonds. The smallest absolute Gasteiger partial charge is 0.256 e. The predicted octanol–water partition coefficient (Wildman–Crippen LogP) is 1.86. The van der Waals surface area contributed by atoms with Gasteiger partial charge < -0.3 is 15.4 Å². The molecule has 1 aromatic carbocycles. The monoisotopic (exact) mass is 341 g/mol. The number of halogens is 2. The van der Waals surface area contributed by atoms with Crippen molar-refractivity contribution in [3.05, 3.63) is 28.5 Å². The summed E-state index contributed by atoms with van der Waals surface area (Å²) >= 11 is 5.84. The molecule has 2 saturated heterocycles. The lowest BCUT2D eigenvalue weighted by Gasteiger charge is -2.36. The number of amides is 1. The van der Waals surface area contributed by atoms with Crippen molar-refractivity contribution in [2.24, 2.45) is 5.92 Å². The number of hydrogen-bond donors (Lipinski definition) is 1. The minimum atomic E-state index is -0.652. The van der Waals surface area contributed by atoms with Gasteiger partial charge in [0.05, 0.1) is 17.9 Å². The minimum absolute atomic E-state index is 0.134. The summed E-state index contributed by atoms with van der Waals surface area (Å²) in [5.41, 5.74) is 5.70. The maximum atomic E-state index is 13.7. The van der Waals surface area contributed by atoms with Crippen LogP contribution in [-0.4, -0.2) is 61.6 Å². The first kappa shape index (κ1) is 16.5. The highest BCUT2D eigenvalue weighted by molar-refractivity contribution is 6.31. The molecule has 2 N–H and O–H groups in total. The Morgan fingerprint density at radius 2 is 2.09 bits per heavy atom. The summed E-state index contributed by atoms with van der Waals surface area (Å²) in [7, 11) is 0. The topological polar surface area (TPSA) is 58.8 Å². The zero-order valence-corrected chi connectivity index (χ0v) is 13.7. The van der Waals surface area contributed by atoms with E-state index in [1.54, 1.807) is 4.90 Å². The van der Waals surface area contributed by atoms with Crippen LogP contribution in [0.25, 0.3) is 0 Å². The van der Waals surface area contributed by atoms with Gasteiger partial charge in [0.2, 0.25) is 0 Å². The molecule has 2 aliphatic rings. The van der Waals surface area contributed by atoms with Gasteiger partial charge in [0.1, 0.15) is 5.82 Å². The number of carbonyl (C=O) groups is 1. The first-order valence-electron chi connectivity index (χ1n) is 7.88. The van der Waals surface area contributed by atoms with E-state index in [-0.39, 0.29) is 22.2 Å². The van der Waals surface area contributed by atoms with E-state index in [4.69, 9.17) is 22.1 Å². The van der Waals surface area contributed by atoms with E-state index in [9.17, 15) is 9.18 Å². The Hall–Kier alpha value is -1.37. The van der Waals surface area contributed by atoms with Crippen LogP contribution in [0.3, 0.4) is 0 Å². The van der Waals surface area contributed by atoms with Crippen LogP contribution in [0.2, 0.25) is 5.02 Å². The molecule has 1 aromatic rings. The lowest BCUT2D eigenvalue weighted by Crippen LogP contribution is -2.50. The van der Waals surface area contributed by atoms with Crippen molar-refractivity contribution in [2.75, 3.05) is 51.7 Å². The molecule has 2 heterocycles. The van der Waals surface area contributed by atoms with Crippen molar-refractivity contribution in [3.8, 4) is 0 Å². The zero-order valence-electron chi connectivity index (χ0n) is 12.9. The average molecular weight is 342 g/mol. The van der Waals surface area contributed by atoms with Gasteiger partial charge in [-0.25, -0.2) is 4.39 Å². The van der Waals surface area contributed by atoms with Crippen LogP contribution in [0.1, 0.15) is 16.8 Å². The lowest BCUT2D eigenvalue weighted by molar-refractivity contribution is 0.0612. The Labute approximate surface area is 140 Å². The van der Waals surface area contributed by atoms with Crippen LogP contribution in [0.4, 0.5) is 10.1 Å². The highest BCUT2D eigenvalue weighted by Crippen LogP contribution is 2.24. The SMILES string of the molecule is Nc1c(F)cc(Cl)cc1C(=O)N1CCN(CC2CCOC2)CC1. The molecule has 126 valence electrons. The summed E-state index contributed by atoms with van der Waals surface area (Å²) in [4.78, 5) is 16.6. The molecule has 3 rings (SSSR count). The molecule has 0 spiro atoms. The Bertz CT molecular complexity index is 585. The third kappa shape index (κ3) is 3.76. The molecule has 0 radical (unpaired) electrons. The summed E-state index contributed by atoms with van der Waals surface area (Å²) in [5.74, 6) is -0.316. The fourth-order valence-electron chi connectivity index (χ4n) is 3.16. The average Bonchev–Trinajstić information content (AvgIpc) is 3.04. The number of nitrogens with two attached hydrogens (primary N) is 1. The van der Waals surface area contributed by atoms with Crippen molar-refractivity contribution in [3.63, 3.8) is 0 Å². The van der Waals surface area contributed by atoms with E-state index < -0.39 is 5.82 Å². The number of piperazine rings is 1. The van der Waals surface area contributed by atoms with E-state index in [0.29, 0.717) is 19.0 Å². The Morgan fingerprint density at radius 1 is 1.35 bits per heavy atom. The lowest BCUT2D eigenvalue weighted by atomic mass is 10.1.